The average molecular weight is 354 g/mol. The van der Waals surface area contributed by atoms with Crippen LogP contribution in [0.2, 0.25) is 5.02 Å². The molecule has 1 aromatic carbocycles. The molecular formula is C16H20ClN3O2S. The van der Waals surface area contributed by atoms with Crippen molar-refractivity contribution in [1.82, 2.24) is 14.1 Å². The van der Waals surface area contributed by atoms with E-state index in [1.54, 1.807) is 28.0 Å². The van der Waals surface area contributed by atoms with E-state index in [9.17, 15) is 8.42 Å². The first-order valence-corrected chi connectivity index (χ1v) is 9.45. The van der Waals surface area contributed by atoms with E-state index >= 15 is 0 Å². The van der Waals surface area contributed by atoms with Gasteiger partial charge in [-0.25, -0.2) is 8.42 Å². The first kappa shape index (κ1) is 16.5. The molecule has 0 spiro atoms. The predicted octanol–water partition coefficient (Wildman–Crippen LogP) is 2.95. The van der Waals surface area contributed by atoms with Crippen molar-refractivity contribution >= 4 is 21.6 Å². The fraction of sp³-hybridized carbons (Fsp3) is 0.438. The Kier molecular flexibility index (Phi) is 4.49. The Morgan fingerprint density at radius 1 is 1.30 bits per heavy atom. The summed E-state index contributed by atoms with van der Waals surface area (Å²) in [6, 6.07) is 6.96. The SMILES string of the molecule is Cc1ccc(Cl)cc1S(=O)(=O)N1CCC[C@H](c2ccn(C)n2)C1. The molecule has 0 aliphatic carbocycles. The van der Waals surface area contributed by atoms with Crippen LogP contribution < -0.4 is 0 Å². The van der Waals surface area contributed by atoms with Crippen LogP contribution in [0.5, 0.6) is 0 Å². The quantitative estimate of drug-likeness (QED) is 0.852. The first-order valence-electron chi connectivity index (χ1n) is 7.64. The normalized spacial score (nSPS) is 19.9. The molecule has 1 aliphatic heterocycles. The summed E-state index contributed by atoms with van der Waals surface area (Å²) in [6.07, 6.45) is 3.68. The van der Waals surface area contributed by atoms with Gasteiger partial charge in [0, 0.05) is 37.3 Å². The van der Waals surface area contributed by atoms with Crippen molar-refractivity contribution in [2.75, 3.05) is 13.1 Å². The molecule has 3 rings (SSSR count). The van der Waals surface area contributed by atoms with Crippen LogP contribution in [0.3, 0.4) is 0 Å². The number of hydrogen-bond donors (Lipinski definition) is 0. The molecule has 0 unspecified atom stereocenters. The zero-order valence-corrected chi connectivity index (χ0v) is 14.8. The van der Waals surface area contributed by atoms with Gasteiger partial charge in [0.15, 0.2) is 0 Å². The molecular weight excluding hydrogens is 334 g/mol. The number of sulfonamides is 1. The van der Waals surface area contributed by atoms with E-state index in [1.807, 2.05) is 19.3 Å². The Hall–Kier alpha value is -1.37. The highest BCUT2D eigenvalue weighted by Gasteiger charge is 2.32. The lowest BCUT2D eigenvalue weighted by Crippen LogP contribution is -2.39. The van der Waals surface area contributed by atoms with Gasteiger partial charge in [0.2, 0.25) is 10.0 Å². The number of piperidine rings is 1. The summed E-state index contributed by atoms with van der Waals surface area (Å²) in [5.41, 5.74) is 1.67. The van der Waals surface area contributed by atoms with Crippen LogP contribution in [0.4, 0.5) is 0 Å². The molecule has 1 fully saturated rings. The van der Waals surface area contributed by atoms with E-state index in [-0.39, 0.29) is 5.92 Å². The monoisotopic (exact) mass is 353 g/mol. The van der Waals surface area contributed by atoms with Crippen LogP contribution in [0.1, 0.15) is 30.0 Å². The molecule has 2 heterocycles. The molecule has 2 aromatic rings. The van der Waals surface area contributed by atoms with Gasteiger partial charge in [-0.1, -0.05) is 17.7 Å². The second-order valence-corrected chi connectivity index (χ2v) is 8.37. The fourth-order valence-corrected chi connectivity index (χ4v) is 5.06. The Labute approximate surface area is 141 Å². The summed E-state index contributed by atoms with van der Waals surface area (Å²) in [7, 11) is -1.66. The second kappa shape index (κ2) is 6.26. The van der Waals surface area contributed by atoms with Gasteiger partial charge in [-0.2, -0.15) is 9.40 Å². The maximum atomic E-state index is 13.0. The minimum atomic E-state index is -3.54. The molecule has 23 heavy (non-hydrogen) atoms. The highest BCUT2D eigenvalue weighted by Crippen LogP contribution is 2.31. The van der Waals surface area contributed by atoms with Crippen LogP contribution in [-0.2, 0) is 17.1 Å². The third-order valence-electron chi connectivity index (χ3n) is 4.30. The zero-order valence-electron chi connectivity index (χ0n) is 13.2. The van der Waals surface area contributed by atoms with Gasteiger partial charge in [0.1, 0.15) is 0 Å². The van der Waals surface area contributed by atoms with E-state index in [4.69, 9.17) is 11.6 Å². The molecule has 7 heteroatoms. The van der Waals surface area contributed by atoms with Gasteiger partial charge in [-0.05, 0) is 43.5 Å². The maximum Gasteiger partial charge on any atom is 0.243 e. The van der Waals surface area contributed by atoms with E-state index in [0.717, 1.165) is 18.5 Å². The summed E-state index contributed by atoms with van der Waals surface area (Å²) in [4.78, 5) is 0.298. The van der Waals surface area contributed by atoms with Gasteiger partial charge in [-0.3, -0.25) is 4.68 Å². The predicted molar refractivity (Wildman–Crippen MR) is 90.1 cm³/mol. The van der Waals surface area contributed by atoms with E-state index in [0.29, 0.717) is 28.6 Å². The van der Waals surface area contributed by atoms with Crippen LogP contribution in [0, 0.1) is 6.92 Å². The average Bonchev–Trinajstić information content (AvgIpc) is 2.96. The molecule has 5 nitrogen and oxygen atoms in total. The maximum absolute atomic E-state index is 13.0. The van der Waals surface area contributed by atoms with Crippen molar-refractivity contribution in [1.29, 1.82) is 0 Å². The van der Waals surface area contributed by atoms with Crippen molar-refractivity contribution < 1.29 is 8.42 Å². The lowest BCUT2D eigenvalue weighted by molar-refractivity contribution is 0.311. The number of benzene rings is 1. The van der Waals surface area contributed by atoms with Gasteiger partial charge in [0.25, 0.3) is 0 Å². The van der Waals surface area contributed by atoms with Gasteiger partial charge < -0.3 is 0 Å². The van der Waals surface area contributed by atoms with Crippen molar-refractivity contribution in [2.24, 2.45) is 7.05 Å². The van der Waals surface area contributed by atoms with E-state index in [2.05, 4.69) is 5.10 Å². The Bertz CT molecular complexity index is 816. The Morgan fingerprint density at radius 3 is 2.78 bits per heavy atom. The molecule has 1 aromatic heterocycles. The van der Waals surface area contributed by atoms with Gasteiger partial charge >= 0.3 is 0 Å². The van der Waals surface area contributed by atoms with Crippen molar-refractivity contribution in [3.63, 3.8) is 0 Å². The minimum absolute atomic E-state index is 0.138. The number of aromatic nitrogens is 2. The first-order chi connectivity index (χ1) is 10.9. The van der Waals surface area contributed by atoms with Gasteiger partial charge in [-0.15, -0.1) is 0 Å². The molecule has 0 N–H and O–H groups in total. The van der Waals surface area contributed by atoms with Crippen LogP contribution >= 0.6 is 11.6 Å². The van der Waals surface area contributed by atoms with Gasteiger partial charge in [0.05, 0.1) is 10.6 Å². The summed E-state index contributed by atoms with van der Waals surface area (Å²) < 4.78 is 29.3. The molecule has 0 saturated carbocycles. The van der Waals surface area contributed by atoms with E-state index < -0.39 is 10.0 Å². The van der Waals surface area contributed by atoms with Crippen molar-refractivity contribution in [3.05, 3.63) is 46.7 Å². The molecule has 124 valence electrons. The van der Waals surface area contributed by atoms with Crippen LogP contribution in [0.15, 0.2) is 35.4 Å². The topological polar surface area (TPSA) is 55.2 Å². The number of halogens is 1. The molecule has 1 saturated heterocycles. The highest BCUT2D eigenvalue weighted by atomic mass is 35.5. The highest BCUT2D eigenvalue weighted by molar-refractivity contribution is 7.89. The number of aryl methyl sites for hydroxylation is 2. The smallest absolute Gasteiger partial charge is 0.243 e. The summed E-state index contributed by atoms with van der Waals surface area (Å²) in [5.74, 6) is 0.138. The largest absolute Gasteiger partial charge is 0.276 e. The Balaban J connectivity index is 1.89. The second-order valence-electron chi connectivity index (χ2n) is 6.03. The molecule has 1 aliphatic rings. The molecule has 1 atom stereocenters. The summed E-state index contributed by atoms with van der Waals surface area (Å²) >= 11 is 5.99. The van der Waals surface area contributed by atoms with Crippen LogP contribution in [-0.4, -0.2) is 35.6 Å². The summed E-state index contributed by atoms with van der Waals surface area (Å²) in [6.45, 7) is 2.80. The lowest BCUT2D eigenvalue weighted by Gasteiger charge is -2.31. The number of rotatable bonds is 3. The van der Waals surface area contributed by atoms with Crippen LogP contribution in [0.25, 0.3) is 0 Å². The fourth-order valence-electron chi connectivity index (χ4n) is 3.04. The summed E-state index contributed by atoms with van der Waals surface area (Å²) in [5, 5.41) is 4.87. The minimum Gasteiger partial charge on any atom is -0.276 e. The zero-order chi connectivity index (χ0) is 16.6. The van der Waals surface area contributed by atoms with Crippen molar-refractivity contribution in [3.8, 4) is 0 Å². The molecule has 0 radical (unpaired) electrons. The third kappa shape index (κ3) is 3.29. The molecule has 0 amide bonds. The third-order valence-corrected chi connectivity index (χ3v) is 6.55. The number of hydrogen-bond acceptors (Lipinski definition) is 3. The Morgan fingerprint density at radius 2 is 2.09 bits per heavy atom. The number of nitrogens with zero attached hydrogens (tertiary/aromatic N) is 3. The lowest BCUT2D eigenvalue weighted by atomic mass is 9.96. The van der Waals surface area contributed by atoms with Crippen molar-refractivity contribution in [2.45, 2.75) is 30.6 Å². The molecule has 0 bridgehead atoms. The van der Waals surface area contributed by atoms with E-state index in [1.165, 1.54) is 6.07 Å². The standard InChI is InChI=1S/C16H20ClN3O2S/c1-12-5-6-14(17)10-16(12)23(21,22)20-8-3-4-13(11-20)15-7-9-19(2)18-15/h5-7,9-10,13H,3-4,8,11H2,1-2H3/t13-/m0/s1.